The summed E-state index contributed by atoms with van der Waals surface area (Å²) in [7, 11) is 1.92. The average Bonchev–Trinajstić information content (AvgIpc) is 2.84. The molecule has 0 spiro atoms. The number of aliphatic carboxylic acids is 1. The molecule has 0 aliphatic heterocycles. The number of likely N-dealkylation sites (N-methyl/N-ethyl adjacent to an activating group) is 1. The molecule has 1 N–H and O–H groups in total. The maximum absolute atomic E-state index is 10.9. The second kappa shape index (κ2) is 4.61. The number of rotatable bonds is 6. The van der Waals surface area contributed by atoms with E-state index in [9.17, 15) is 4.79 Å². The molecule has 1 atom stereocenters. The van der Waals surface area contributed by atoms with E-state index in [2.05, 4.69) is 6.92 Å². The average molecular weight is 185 g/mol. The quantitative estimate of drug-likeness (QED) is 0.683. The molecule has 0 aromatic carbocycles. The van der Waals surface area contributed by atoms with Crippen molar-refractivity contribution >= 4 is 5.97 Å². The van der Waals surface area contributed by atoms with Crippen LogP contribution in [0.2, 0.25) is 0 Å². The number of hydrogen-bond donors (Lipinski definition) is 1. The molecule has 0 radical (unpaired) electrons. The summed E-state index contributed by atoms with van der Waals surface area (Å²) in [4.78, 5) is 12.9. The van der Waals surface area contributed by atoms with Crippen molar-refractivity contribution in [1.82, 2.24) is 4.90 Å². The molecule has 13 heavy (non-hydrogen) atoms. The van der Waals surface area contributed by atoms with E-state index >= 15 is 0 Å². The van der Waals surface area contributed by atoms with Crippen LogP contribution in [0.4, 0.5) is 0 Å². The van der Waals surface area contributed by atoms with Gasteiger partial charge in [-0.25, -0.2) is 0 Å². The third-order valence-electron chi connectivity index (χ3n) is 2.66. The molecule has 0 saturated heterocycles. The zero-order valence-electron chi connectivity index (χ0n) is 8.49. The van der Waals surface area contributed by atoms with Crippen LogP contribution in [0, 0.1) is 5.92 Å². The normalized spacial score (nSPS) is 19.0. The van der Waals surface area contributed by atoms with Crippen molar-refractivity contribution in [2.24, 2.45) is 5.92 Å². The monoisotopic (exact) mass is 185 g/mol. The van der Waals surface area contributed by atoms with Gasteiger partial charge < -0.3 is 5.11 Å². The van der Waals surface area contributed by atoms with Crippen LogP contribution in [0.25, 0.3) is 0 Å². The van der Waals surface area contributed by atoms with Gasteiger partial charge >= 0.3 is 5.97 Å². The van der Waals surface area contributed by atoms with Crippen molar-refractivity contribution in [3.63, 3.8) is 0 Å². The van der Waals surface area contributed by atoms with Gasteiger partial charge in [-0.1, -0.05) is 13.3 Å². The molecule has 1 saturated carbocycles. The number of carboxylic acid groups (broad SMARTS) is 1. The van der Waals surface area contributed by atoms with Gasteiger partial charge in [0, 0.05) is 0 Å². The highest BCUT2D eigenvalue weighted by Crippen LogP contribution is 2.35. The van der Waals surface area contributed by atoms with Crippen molar-refractivity contribution in [2.45, 2.75) is 38.6 Å². The minimum absolute atomic E-state index is 0.230. The molecular formula is C10H19NO2. The first-order chi connectivity index (χ1) is 6.16. The van der Waals surface area contributed by atoms with Crippen LogP contribution >= 0.6 is 0 Å². The molecule has 1 aliphatic rings. The fourth-order valence-corrected chi connectivity index (χ4v) is 1.71. The standard InChI is InChI=1S/C10H19NO2/c1-3-4-7-11(2)9(10(12)13)8-5-6-8/h8-9H,3-7H2,1-2H3,(H,12,13). The molecule has 3 nitrogen and oxygen atoms in total. The van der Waals surface area contributed by atoms with Crippen molar-refractivity contribution in [3.8, 4) is 0 Å². The first-order valence-corrected chi connectivity index (χ1v) is 5.09. The molecule has 3 heteroatoms. The molecule has 0 amide bonds. The van der Waals surface area contributed by atoms with E-state index < -0.39 is 5.97 Å². The van der Waals surface area contributed by atoms with Gasteiger partial charge in [0.1, 0.15) is 6.04 Å². The topological polar surface area (TPSA) is 40.5 Å². The predicted octanol–water partition coefficient (Wildman–Crippen LogP) is 1.58. The van der Waals surface area contributed by atoms with Gasteiger partial charge in [-0.05, 0) is 38.8 Å². The molecule has 1 rings (SSSR count). The second-order valence-electron chi connectivity index (χ2n) is 3.95. The zero-order chi connectivity index (χ0) is 9.84. The predicted molar refractivity (Wildman–Crippen MR) is 51.7 cm³/mol. The summed E-state index contributed by atoms with van der Waals surface area (Å²) in [6.07, 6.45) is 4.40. The molecule has 76 valence electrons. The summed E-state index contributed by atoms with van der Waals surface area (Å²) in [5.74, 6) is -0.236. The van der Waals surface area contributed by atoms with E-state index in [4.69, 9.17) is 5.11 Å². The highest BCUT2D eigenvalue weighted by Gasteiger charge is 2.38. The van der Waals surface area contributed by atoms with Crippen molar-refractivity contribution in [2.75, 3.05) is 13.6 Å². The Morgan fingerprint density at radius 2 is 2.23 bits per heavy atom. The van der Waals surface area contributed by atoms with E-state index in [1.54, 1.807) is 0 Å². The van der Waals surface area contributed by atoms with Crippen LogP contribution in [0.1, 0.15) is 32.6 Å². The lowest BCUT2D eigenvalue weighted by atomic mass is 10.1. The SMILES string of the molecule is CCCCN(C)C(C(=O)O)C1CC1. The van der Waals surface area contributed by atoms with Gasteiger partial charge in [-0.15, -0.1) is 0 Å². The van der Waals surface area contributed by atoms with Crippen LogP contribution in [0.15, 0.2) is 0 Å². The van der Waals surface area contributed by atoms with Crippen molar-refractivity contribution < 1.29 is 9.90 Å². The van der Waals surface area contributed by atoms with Gasteiger partial charge in [-0.2, -0.15) is 0 Å². The Morgan fingerprint density at radius 1 is 1.62 bits per heavy atom. The minimum atomic E-state index is -0.652. The lowest BCUT2D eigenvalue weighted by Crippen LogP contribution is -2.40. The molecule has 1 aliphatic carbocycles. The molecule has 0 aromatic heterocycles. The van der Waals surface area contributed by atoms with Gasteiger partial charge in [0.05, 0.1) is 0 Å². The van der Waals surface area contributed by atoms with Crippen molar-refractivity contribution in [3.05, 3.63) is 0 Å². The minimum Gasteiger partial charge on any atom is -0.480 e. The lowest BCUT2D eigenvalue weighted by molar-refractivity contribution is -0.143. The number of hydrogen-bond acceptors (Lipinski definition) is 2. The van der Waals surface area contributed by atoms with E-state index in [-0.39, 0.29) is 6.04 Å². The number of nitrogens with zero attached hydrogens (tertiary/aromatic N) is 1. The smallest absolute Gasteiger partial charge is 0.321 e. The Balaban J connectivity index is 2.38. The lowest BCUT2D eigenvalue weighted by Gasteiger charge is -2.24. The van der Waals surface area contributed by atoms with Crippen LogP contribution in [0.5, 0.6) is 0 Å². The number of carboxylic acids is 1. The fourth-order valence-electron chi connectivity index (χ4n) is 1.71. The van der Waals surface area contributed by atoms with Crippen LogP contribution in [-0.2, 0) is 4.79 Å². The highest BCUT2D eigenvalue weighted by molar-refractivity contribution is 5.74. The Hall–Kier alpha value is -0.570. The third kappa shape index (κ3) is 2.99. The van der Waals surface area contributed by atoms with Gasteiger partial charge in [0.2, 0.25) is 0 Å². The summed E-state index contributed by atoms with van der Waals surface area (Å²) in [6.45, 7) is 3.03. The van der Waals surface area contributed by atoms with E-state index in [0.717, 1.165) is 32.2 Å². The molecular weight excluding hydrogens is 166 g/mol. The third-order valence-corrected chi connectivity index (χ3v) is 2.66. The zero-order valence-corrected chi connectivity index (χ0v) is 8.49. The maximum Gasteiger partial charge on any atom is 0.321 e. The largest absolute Gasteiger partial charge is 0.480 e. The molecule has 0 aromatic rings. The van der Waals surface area contributed by atoms with E-state index in [0.29, 0.717) is 5.92 Å². The Morgan fingerprint density at radius 3 is 2.62 bits per heavy atom. The van der Waals surface area contributed by atoms with E-state index in [1.807, 2.05) is 11.9 Å². The first kappa shape index (κ1) is 10.5. The second-order valence-corrected chi connectivity index (χ2v) is 3.95. The van der Waals surface area contributed by atoms with Crippen LogP contribution in [-0.4, -0.2) is 35.6 Å². The molecule has 1 fully saturated rings. The first-order valence-electron chi connectivity index (χ1n) is 5.09. The maximum atomic E-state index is 10.9. The van der Waals surface area contributed by atoms with Gasteiger partial charge in [-0.3, -0.25) is 9.69 Å². The summed E-state index contributed by atoms with van der Waals surface area (Å²) in [6, 6.07) is -0.230. The van der Waals surface area contributed by atoms with Crippen LogP contribution in [0.3, 0.4) is 0 Å². The molecule has 0 heterocycles. The number of carbonyl (C=O) groups is 1. The molecule has 0 bridgehead atoms. The fraction of sp³-hybridized carbons (Fsp3) is 0.900. The van der Waals surface area contributed by atoms with Gasteiger partial charge in [0.15, 0.2) is 0 Å². The van der Waals surface area contributed by atoms with Gasteiger partial charge in [0.25, 0.3) is 0 Å². The number of unbranched alkanes of at least 4 members (excludes halogenated alkanes) is 1. The molecule has 1 unspecified atom stereocenters. The summed E-state index contributed by atoms with van der Waals surface area (Å²) in [5.41, 5.74) is 0. The van der Waals surface area contributed by atoms with E-state index in [1.165, 1.54) is 0 Å². The Labute approximate surface area is 79.7 Å². The Bertz CT molecular complexity index is 178. The highest BCUT2D eigenvalue weighted by atomic mass is 16.4. The Kier molecular flexibility index (Phi) is 3.72. The summed E-state index contributed by atoms with van der Waals surface area (Å²) in [5, 5.41) is 9.01. The summed E-state index contributed by atoms with van der Waals surface area (Å²) >= 11 is 0. The van der Waals surface area contributed by atoms with Crippen LogP contribution < -0.4 is 0 Å². The van der Waals surface area contributed by atoms with Crippen molar-refractivity contribution in [1.29, 1.82) is 0 Å². The summed E-state index contributed by atoms with van der Waals surface area (Å²) < 4.78 is 0.